The zero-order chi connectivity index (χ0) is 18.1. The smallest absolute Gasteiger partial charge is 0.243 e. The van der Waals surface area contributed by atoms with Crippen LogP contribution in [0.4, 0.5) is 11.4 Å². The Morgan fingerprint density at radius 3 is 2.80 bits per heavy atom. The second-order valence-electron chi connectivity index (χ2n) is 5.43. The first-order valence-corrected chi connectivity index (χ1v) is 8.56. The molecule has 2 aromatic rings. The summed E-state index contributed by atoms with van der Waals surface area (Å²) in [5, 5.41) is 6.57. The van der Waals surface area contributed by atoms with Crippen LogP contribution >= 0.6 is 11.6 Å². The number of aryl methyl sites for hydroxylation is 1. The summed E-state index contributed by atoms with van der Waals surface area (Å²) in [6.07, 6.45) is 0. The van der Waals surface area contributed by atoms with Gasteiger partial charge in [-0.25, -0.2) is 0 Å². The summed E-state index contributed by atoms with van der Waals surface area (Å²) in [5.74, 6) is 0.544. The number of carbonyl (C=O) groups is 1. The molecule has 2 N–H and O–H groups in total. The topological polar surface area (TPSA) is 59.6 Å². The van der Waals surface area contributed by atoms with Gasteiger partial charge >= 0.3 is 0 Å². The number of rotatable bonds is 9. The van der Waals surface area contributed by atoms with Crippen molar-refractivity contribution < 1.29 is 14.3 Å². The van der Waals surface area contributed by atoms with E-state index in [1.54, 1.807) is 12.1 Å². The molecule has 0 radical (unpaired) electrons. The lowest BCUT2D eigenvalue weighted by Gasteiger charge is -2.11. The fourth-order valence-corrected chi connectivity index (χ4v) is 2.36. The van der Waals surface area contributed by atoms with Gasteiger partial charge in [-0.1, -0.05) is 23.7 Å². The van der Waals surface area contributed by atoms with Crippen LogP contribution in [0.5, 0.6) is 5.75 Å². The number of anilines is 2. The highest BCUT2D eigenvalue weighted by Crippen LogP contribution is 2.20. The predicted molar refractivity (Wildman–Crippen MR) is 102 cm³/mol. The van der Waals surface area contributed by atoms with Crippen molar-refractivity contribution >= 4 is 28.9 Å². The summed E-state index contributed by atoms with van der Waals surface area (Å²) in [4.78, 5) is 12.1. The van der Waals surface area contributed by atoms with Crippen LogP contribution in [-0.2, 0) is 9.53 Å². The molecule has 6 heteroatoms. The minimum atomic E-state index is -0.147. The summed E-state index contributed by atoms with van der Waals surface area (Å²) in [6.45, 7) is 5.72. The monoisotopic (exact) mass is 362 g/mol. The average molecular weight is 363 g/mol. The molecule has 2 rings (SSSR count). The molecule has 0 bridgehead atoms. The van der Waals surface area contributed by atoms with E-state index in [0.29, 0.717) is 36.3 Å². The zero-order valence-electron chi connectivity index (χ0n) is 14.5. The number of halogens is 1. The Morgan fingerprint density at radius 1 is 1.16 bits per heavy atom. The van der Waals surface area contributed by atoms with Crippen molar-refractivity contribution in [2.75, 3.05) is 37.0 Å². The van der Waals surface area contributed by atoms with Crippen LogP contribution in [-0.4, -0.2) is 32.3 Å². The molecule has 0 aromatic heterocycles. The van der Waals surface area contributed by atoms with Crippen LogP contribution in [0.3, 0.4) is 0 Å². The van der Waals surface area contributed by atoms with Crippen LogP contribution in [0.25, 0.3) is 0 Å². The second-order valence-corrected chi connectivity index (χ2v) is 5.87. The Labute approximate surface area is 153 Å². The maximum absolute atomic E-state index is 12.1. The van der Waals surface area contributed by atoms with E-state index >= 15 is 0 Å². The average Bonchev–Trinajstić information content (AvgIpc) is 2.60. The normalized spacial score (nSPS) is 10.4. The van der Waals surface area contributed by atoms with Gasteiger partial charge in [0.2, 0.25) is 5.91 Å². The lowest BCUT2D eigenvalue weighted by Crippen LogP contribution is -2.22. The van der Waals surface area contributed by atoms with E-state index in [9.17, 15) is 4.79 Å². The quantitative estimate of drug-likeness (QED) is 0.659. The molecule has 5 nitrogen and oxygen atoms in total. The summed E-state index contributed by atoms with van der Waals surface area (Å²) in [5.41, 5.74) is 2.56. The van der Waals surface area contributed by atoms with Crippen molar-refractivity contribution in [1.29, 1.82) is 0 Å². The van der Waals surface area contributed by atoms with Gasteiger partial charge in [-0.2, -0.15) is 0 Å². The van der Waals surface area contributed by atoms with Crippen LogP contribution in [0.2, 0.25) is 5.02 Å². The lowest BCUT2D eigenvalue weighted by atomic mass is 10.2. The maximum atomic E-state index is 12.1. The molecule has 0 fully saturated rings. The van der Waals surface area contributed by atoms with Gasteiger partial charge < -0.3 is 20.1 Å². The Balaban J connectivity index is 1.84. The summed E-state index contributed by atoms with van der Waals surface area (Å²) in [6, 6.07) is 12.8. The Hall–Kier alpha value is -2.24. The minimum absolute atomic E-state index is 0.147. The van der Waals surface area contributed by atoms with E-state index in [1.165, 1.54) is 0 Å². The van der Waals surface area contributed by atoms with Crippen LogP contribution in [0, 0.1) is 6.92 Å². The molecule has 0 saturated carbocycles. The summed E-state index contributed by atoms with van der Waals surface area (Å²) < 4.78 is 10.8. The van der Waals surface area contributed by atoms with Crippen LogP contribution in [0.1, 0.15) is 12.5 Å². The molecule has 25 heavy (non-hydrogen) atoms. The molecule has 0 aliphatic rings. The maximum Gasteiger partial charge on any atom is 0.243 e. The standard InChI is InChI=1S/C19H23ClN2O3/c1-3-24-9-10-25-17-6-4-5-16(12-17)22-19(23)13-21-18-11-15(20)8-7-14(18)2/h4-8,11-12,21H,3,9-10,13H2,1-2H3,(H,22,23). The molecule has 0 spiro atoms. The number of ether oxygens (including phenoxy) is 2. The number of carbonyl (C=O) groups excluding carboxylic acids is 1. The third kappa shape index (κ3) is 6.64. The van der Waals surface area contributed by atoms with Crippen molar-refractivity contribution in [3.63, 3.8) is 0 Å². The third-order valence-electron chi connectivity index (χ3n) is 3.46. The first-order chi connectivity index (χ1) is 12.1. The van der Waals surface area contributed by atoms with Crippen LogP contribution < -0.4 is 15.4 Å². The highest BCUT2D eigenvalue weighted by Gasteiger charge is 2.05. The van der Waals surface area contributed by atoms with E-state index in [0.717, 1.165) is 11.3 Å². The lowest BCUT2D eigenvalue weighted by molar-refractivity contribution is -0.114. The van der Waals surface area contributed by atoms with Gasteiger partial charge in [-0.05, 0) is 43.7 Å². The Morgan fingerprint density at radius 2 is 2.00 bits per heavy atom. The third-order valence-corrected chi connectivity index (χ3v) is 3.69. The minimum Gasteiger partial charge on any atom is -0.491 e. The number of benzene rings is 2. The molecule has 0 saturated heterocycles. The number of amides is 1. The van der Waals surface area contributed by atoms with Gasteiger partial charge in [0.1, 0.15) is 12.4 Å². The first-order valence-electron chi connectivity index (χ1n) is 8.19. The molecule has 2 aromatic carbocycles. The Kier molecular flexibility index (Phi) is 7.57. The molecule has 0 heterocycles. The molecular formula is C19H23ClN2O3. The van der Waals surface area contributed by atoms with Crippen molar-refractivity contribution in [2.24, 2.45) is 0 Å². The summed E-state index contributed by atoms with van der Waals surface area (Å²) in [7, 11) is 0. The van der Waals surface area contributed by atoms with E-state index in [2.05, 4.69) is 10.6 Å². The SMILES string of the molecule is CCOCCOc1cccc(NC(=O)CNc2cc(Cl)ccc2C)c1. The molecule has 0 aliphatic heterocycles. The van der Waals surface area contributed by atoms with Gasteiger partial charge in [0.05, 0.1) is 13.2 Å². The van der Waals surface area contributed by atoms with Gasteiger partial charge in [0.15, 0.2) is 0 Å². The largest absolute Gasteiger partial charge is 0.491 e. The van der Waals surface area contributed by atoms with E-state index < -0.39 is 0 Å². The molecular weight excluding hydrogens is 340 g/mol. The van der Waals surface area contributed by atoms with Gasteiger partial charge in [0.25, 0.3) is 0 Å². The van der Waals surface area contributed by atoms with Crippen molar-refractivity contribution in [2.45, 2.75) is 13.8 Å². The van der Waals surface area contributed by atoms with Crippen molar-refractivity contribution in [3.8, 4) is 5.75 Å². The molecule has 0 aliphatic carbocycles. The van der Waals surface area contributed by atoms with E-state index in [1.807, 2.05) is 44.2 Å². The molecule has 0 unspecified atom stereocenters. The van der Waals surface area contributed by atoms with Crippen LogP contribution in [0.15, 0.2) is 42.5 Å². The molecule has 134 valence electrons. The number of hydrogen-bond acceptors (Lipinski definition) is 4. The number of nitrogens with one attached hydrogen (secondary N) is 2. The van der Waals surface area contributed by atoms with Crippen molar-refractivity contribution in [3.05, 3.63) is 53.1 Å². The number of hydrogen-bond donors (Lipinski definition) is 2. The highest BCUT2D eigenvalue weighted by atomic mass is 35.5. The second kappa shape index (κ2) is 9.91. The van der Waals surface area contributed by atoms with Crippen molar-refractivity contribution in [1.82, 2.24) is 0 Å². The Bertz CT molecular complexity index is 707. The highest BCUT2D eigenvalue weighted by molar-refractivity contribution is 6.30. The molecule has 0 atom stereocenters. The summed E-state index contributed by atoms with van der Waals surface area (Å²) >= 11 is 5.98. The molecule has 1 amide bonds. The zero-order valence-corrected chi connectivity index (χ0v) is 15.2. The van der Waals surface area contributed by atoms with Gasteiger partial charge in [-0.15, -0.1) is 0 Å². The fraction of sp³-hybridized carbons (Fsp3) is 0.316. The van der Waals surface area contributed by atoms with E-state index in [4.69, 9.17) is 21.1 Å². The fourth-order valence-electron chi connectivity index (χ4n) is 2.19. The van der Waals surface area contributed by atoms with Gasteiger partial charge in [-0.3, -0.25) is 4.79 Å². The first kappa shape index (κ1) is 19.1. The van der Waals surface area contributed by atoms with E-state index in [-0.39, 0.29) is 12.5 Å². The van der Waals surface area contributed by atoms with Gasteiger partial charge in [0, 0.05) is 29.1 Å². The predicted octanol–water partition coefficient (Wildman–Crippen LogP) is 4.11.